The van der Waals surface area contributed by atoms with E-state index in [2.05, 4.69) is 10.1 Å². The summed E-state index contributed by atoms with van der Waals surface area (Å²) in [6, 6.07) is 8.87. The van der Waals surface area contributed by atoms with E-state index < -0.39 is 44.0 Å². The van der Waals surface area contributed by atoms with Gasteiger partial charge in [0.05, 0.1) is 11.1 Å². The molecule has 0 fully saturated rings. The number of thiophene rings is 1. The van der Waals surface area contributed by atoms with Crippen LogP contribution in [0.25, 0.3) is 16.2 Å². The normalized spacial score (nSPS) is 14.1. The van der Waals surface area contributed by atoms with Gasteiger partial charge in [0.15, 0.2) is 5.66 Å². The van der Waals surface area contributed by atoms with Crippen molar-refractivity contribution in [2.75, 3.05) is 6.79 Å². The fraction of sp³-hybridized carbons (Fsp3) is 0.217. The number of amides is 1. The Morgan fingerprint density at radius 1 is 1.22 bits per heavy atom. The Kier molecular flexibility index (Phi) is 9.52. The van der Waals surface area contributed by atoms with Gasteiger partial charge in [-0.05, 0) is 72.1 Å². The number of halogens is 3. The lowest BCUT2D eigenvalue weighted by atomic mass is 10.1. The molecular formula is C23H21Cl2FNO7PS. The lowest BCUT2D eigenvalue weighted by Crippen LogP contribution is -2.26. The van der Waals surface area contributed by atoms with E-state index in [1.54, 1.807) is 37.4 Å². The van der Waals surface area contributed by atoms with Gasteiger partial charge < -0.3 is 19.7 Å². The summed E-state index contributed by atoms with van der Waals surface area (Å²) in [6.07, 6.45) is 1.08. The molecule has 1 aromatic heterocycles. The van der Waals surface area contributed by atoms with Crippen LogP contribution in [0.3, 0.4) is 0 Å². The Bertz CT molecular complexity index is 1350. The van der Waals surface area contributed by atoms with Gasteiger partial charge in [0, 0.05) is 15.9 Å². The molecule has 8 nitrogen and oxygen atoms in total. The average molecular weight is 576 g/mol. The van der Waals surface area contributed by atoms with Crippen LogP contribution < -0.4 is 5.32 Å². The summed E-state index contributed by atoms with van der Waals surface area (Å²) < 4.78 is 41.8. The van der Waals surface area contributed by atoms with Gasteiger partial charge in [-0.1, -0.05) is 29.3 Å². The van der Waals surface area contributed by atoms with E-state index in [1.807, 2.05) is 0 Å². The standard InChI is InChI=1S/C23H21Cl2FNO7PS/c1-13(2)34-23(29)32-12-33-35(30,31)21(17-11-36-20-6-4-15(24)10-16(17)20)22(28)27-8-7-14-3-5-19(26)18(25)9-14/h3-11,13,21H,12H2,1-2H3,(H,27,28)(H,30,31)/b8-7+. The van der Waals surface area contributed by atoms with Gasteiger partial charge in [-0.25, -0.2) is 9.18 Å². The quantitative estimate of drug-likeness (QED) is 0.162. The molecular weight excluding hydrogens is 555 g/mol. The number of nitrogens with one attached hydrogen (secondary N) is 1. The first-order chi connectivity index (χ1) is 17.0. The van der Waals surface area contributed by atoms with Crippen LogP contribution in [0, 0.1) is 5.82 Å². The van der Waals surface area contributed by atoms with Crippen molar-refractivity contribution in [2.45, 2.75) is 25.6 Å². The second-order valence-corrected chi connectivity index (χ2v) is 11.3. The number of rotatable bonds is 9. The maximum Gasteiger partial charge on any atom is 0.510 e. The number of ether oxygens (including phenoxy) is 2. The van der Waals surface area contributed by atoms with Crippen molar-refractivity contribution >= 4 is 70.4 Å². The lowest BCUT2D eigenvalue weighted by molar-refractivity contribution is -0.120. The van der Waals surface area contributed by atoms with Crippen molar-refractivity contribution in [3.63, 3.8) is 0 Å². The summed E-state index contributed by atoms with van der Waals surface area (Å²) >= 11 is 13.1. The Morgan fingerprint density at radius 3 is 2.67 bits per heavy atom. The predicted molar refractivity (Wildman–Crippen MR) is 137 cm³/mol. The van der Waals surface area contributed by atoms with Gasteiger partial charge in [-0.15, -0.1) is 11.3 Å². The molecule has 2 aromatic carbocycles. The van der Waals surface area contributed by atoms with Gasteiger partial charge in [0.1, 0.15) is 5.82 Å². The summed E-state index contributed by atoms with van der Waals surface area (Å²) in [5, 5.41) is 4.73. The maximum absolute atomic E-state index is 13.4. The largest absolute Gasteiger partial charge is 0.510 e. The molecule has 192 valence electrons. The van der Waals surface area contributed by atoms with E-state index in [4.69, 9.17) is 32.5 Å². The van der Waals surface area contributed by atoms with Gasteiger partial charge in [-0.2, -0.15) is 0 Å². The van der Waals surface area contributed by atoms with E-state index in [1.165, 1.54) is 35.7 Å². The van der Waals surface area contributed by atoms with E-state index in [0.29, 0.717) is 16.0 Å². The highest BCUT2D eigenvalue weighted by Crippen LogP contribution is 2.58. The van der Waals surface area contributed by atoms with Crippen LogP contribution in [0.1, 0.15) is 30.6 Å². The van der Waals surface area contributed by atoms with Gasteiger partial charge in [0.25, 0.3) is 0 Å². The molecule has 13 heteroatoms. The van der Waals surface area contributed by atoms with Crippen LogP contribution in [0.2, 0.25) is 10.0 Å². The van der Waals surface area contributed by atoms with Crippen LogP contribution in [-0.4, -0.2) is 29.9 Å². The Balaban J connectivity index is 1.86. The number of carbonyl (C=O) groups excluding carboxylic acids is 2. The zero-order valence-corrected chi connectivity index (χ0v) is 22.2. The summed E-state index contributed by atoms with van der Waals surface area (Å²) in [7, 11) is -4.77. The van der Waals surface area contributed by atoms with E-state index in [9.17, 15) is 23.4 Å². The second kappa shape index (κ2) is 12.2. The summed E-state index contributed by atoms with van der Waals surface area (Å²) in [6.45, 7) is 2.27. The van der Waals surface area contributed by atoms with Crippen LogP contribution in [0.4, 0.5) is 9.18 Å². The molecule has 0 aliphatic rings. The van der Waals surface area contributed by atoms with Crippen molar-refractivity contribution in [1.29, 1.82) is 0 Å². The highest BCUT2D eigenvalue weighted by atomic mass is 35.5. The number of benzene rings is 2. The zero-order valence-electron chi connectivity index (χ0n) is 18.9. The van der Waals surface area contributed by atoms with E-state index in [0.717, 1.165) is 10.8 Å². The molecule has 0 radical (unpaired) electrons. The molecule has 2 unspecified atom stereocenters. The molecule has 2 atom stereocenters. The van der Waals surface area contributed by atoms with Crippen molar-refractivity contribution in [3.8, 4) is 0 Å². The molecule has 1 heterocycles. The summed E-state index contributed by atoms with van der Waals surface area (Å²) in [4.78, 5) is 35.5. The monoisotopic (exact) mass is 575 g/mol. The number of hydrogen-bond acceptors (Lipinski definition) is 7. The average Bonchev–Trinajstić information content (AvgIpc) is 3.18. The minimum absolute atomic E-state index is 0.104. The van der Waals surface area contributed by atoms with Crippen LogP contribution in [-0.2, 0) is 23.4 Å². The molecule has 0 saturated heterocycles. The maximum atomic E-state index is 13.4. The smallest absolute Gasteiger partial charge is 0.432 e. The highest BCUT2D eigenvalue weighted by molar-refractivity contribution is 7.54. The Morgan fingerprint density at radius 2 is 1.97 bits per heavy atom. The van der Waals surface area contributed by atoms with E-state index in [-0.39, 0.29) is 10.6 Å². The van der Waals surface area contributed by atoms with Gasteiger partial charge >= 0.3 is 13.8 Å². The van der Waals surface area contributed by atoms with Crippen LogP contribution in [0.15, 0.2) is 48.0 Å². The summed E-state index contributed by atoms with van der Waals surface area (Å²) in [5.74, 6) is -1.48. The fourth-order valence-corrected chi connectivity index (χ4v) is 5.78. The molecule has 0 aliphatic heterocycles. The molecule has 2 N–H and O–H groups in total. The third kappa shape index (κ3) is 7.29. The fourth-order valence-electron chi connectivity index (χ4n) is 3.06. The Labute approximate surface area is 220 Å². The zero-order chi connectivity index (χ0) is 26.5. The first-order valence-corrected chi connectivity index (χ1v) is 13.6. The molecule has 0 aliphatic carbocycles. The Hall–Kier alpha value is -2.46. The number of carbonyl (C=O) groups is 2. The van der Waals surface area contributed by atoms with Crippen molar-refractivity contribution in [3.05, 3.63) is 75.0 Å². The first kappa shape index (κ1) is 28.1. The third-order valence-electron chi connectivity index (χ3n) is 4.63. The van der Waals surface area contributed by atoms with Crippen molar-refractivity contribution in [1.82, 2.24) is 5.32 Å². The van der Waals surface area contributed by atoms with Crippen molar-refractivity contribution < 1.29 is 37.4 Å². The number of hydrogen-bond donors (Lipinski definition) is 2. The minimum Gasteiger partial charge on any atom is -0.432 e. The molecule has 0 bridgehead atoms. The van der Waals surface area contributed by atoms with Gasteiger partial charge in [-0.3, -0.25) is 13.9 Å². The van der Waals surface area contributed by atoms with Crippen LogP contribution in [0.5, 0.6) is 0 Å². The van der Waals surface area contributed by atoms with Gasteiger partial charge in [0.2, 0.25) is 12.7 Å². The second-order valence-electron chi connectivity index (χ2n) is 7.62. The number of fused-ring (bicyclic) bond motifs is 1. The molecule has 3 aromatic rings. The molecule has 0 spiro atoms. The predicted octanol–water partition coefficient (Wildman–Crippen LogP) is 6.90. The van der Waals surface area contributed by atoms with Crippen molar-refractivity contribution in [2.24, 2.45) is 0 Å². The highest BCUT2D eigenvalue weighted by Gasteiger charge is 2.41. The molecule has 0 saturated carbocycles. The SMILES string of the molecule is CC(C)OC(=O)OCOP(=O)(O)C(C(=O)N/C=C/c1ccc(F)c(Cl)c1)c1csc2ccc(Cl)cc12. The molecule has 36 heavy (non-hydrogen) atoms. The lowest BCUT2D eigenvalue weighted by Gasteiger charge is -2.21. The molecule has 3 rings (SSSR count). The molecule has 1 amide bonds. The first-order valence-electron chi connectivity index (χ1n) is 10.4. The summed E-state index contributed by atoms with van der Waals surface area (Å²) in [5.41, 5.74) is -1.02. The van der Waals surface area contributed by atoms with E-state index >= 15 is 0 Å². The topological polar surface area (TPSA) is 111 Å². The minimum atomic E-state index is -4.77. The van der Waals surface area contributed by atoms with Crippen LogP contribution >= 0.6 is 42.1 Å². The third-order valence-corrected chi connectivity index (χ3v) is 7.77.